The Kier molecular flexibility index (Phi) is 9.60. The summed E-state index contributed by atoms with van der Waals surface area (Å²) in [5, 5.41) is 0.285. The molecule has 0 saturated carbocycles. The Balaban J connectivity index is 1.50. The molecule has 2 fully saturated rings. The zero-order chi connectivity index (χ0) is 32.6. The standard InChI is InChI=1S/C34H45N3O7S/c1-19(2)24-13-26(20(3)4)32(27(14-24)21(5)6)45(39,40)44-33-28-15-31(30(41-8)16-29(28)35-22(7)36-33)43-34(38)37-11-9-23(10-12-37)25-17-42-18-25/h13-16,19-21,23,25H,9-12,17-18H2,1-8H3. The molecule has 0 unspecified atom stereocenters. The number of rotatable bonds is 9. The van der Waals surface area contributed by atoms with Gasteiger partial charge >= 0.3 is 16.2 Å². The van der Waals surface area contributed by atoms with Crippen molar-refractivity contribution in [2.45, 2.75) is 84.0 Å². The van der Waals surface area contributed by atoms with Crippen LogP contribution in [-0.4, -0.2) is 62.8 Å². The third-order valence-corrected chi connectivity index (χ3v) is 10.3. The van der Waals surface area contributed by atoms with Crippen molar-refractivity contribution in [1.82, 2.24) is 14.9 Å². The van der Waals surface area contributed by atoms with Crippen LogP contribution in [0.5, 0.6) is 17.4 Å². The zero-order valence-electron chi connectivity index (χ0n) is 27.5. The van der Waals surface area contributed by atoms with Gasteiger partial charge in [0.1, 0.15) is 10.7 Å². The van der Waals surface area contributed by atoms with Gasteiger partial charge in [0, 0.05) is 25.1 Å². The summed E-state index contributed by atoms with van der Waals surface area (Å²) < 4.78 is 51.0. The lowest BCUT2D eigenvalue weighted by Crippen LogP contribution is -2.45. The van der Waals surface area contributed by atoms with Gasteiger partial charge in [0.05, 0.1) is 31.2 Å². The Hall–Kier alpha value is -3.44. The van der Waals surface area contributed by atoms with E-state index in [0.29, 0.717) is 47.4 Å². The average Bonchev–Trinajstić information content (AvgIpc) is 2.95. The summed E-state index contributed by atoms with van der Waals surface area (Å²) in [7, 11) is -2.87. The number of hydrogen-bond donors (Lipinski definition) is 0. The maximum absolute atomic E-state index is 14.2. The van der Waals surface area contributed by atoms with Crippen LogP contribution in [0.1, 0.15) is 94.7 Å². The average molecular weight is 640 g/mol. The highest BCUT2D eigenvalue weighted by Gasteiger charge is 2.34. The second-order valence-corrected chi connectivity index (χ2v) is 14.6. The predicted octanol–water partition coefficient (Wildman–Crippen LogP) is 6.94. The van der Waals surface area contributed by atoms with E-state index < -0.39 is 16.2 Å². The van der Waals surface area contributed by atoms with Gasteiger partial charge < -0.3 is 23.3 Å². The highest BCUT2D eigenvalue weighted by atomic mass is 32.2. The summed E-state index contributed by atoms with van der Waals surface area (Å²) in [6.45, 7) is 16.5. The highest BCUT2D eigenvalue weighted by Crippen LogP contribution is 2.40. The summed E-state index contributed by atoms with van der Waals surface area (Å²) in [6, 6.07) is 7.05. The van der Waals surface area contributed by atoms with Crippen molar-refractivity contribution in [3.05, 3.63) is 46.8 Å². The largest absolute Gasteiger partial charge is 0.493 e. The number of methoxy groups -OCH3 is 1. The van der Waals surface area contributed by atoms with Crippen LogP contribution >= 0.6 is 0 Å². The summed E-state index contributed by atoms with van der Waals surface area (Å²) >= 11 is 0. The first-order valence-electron chi connectivity index (χ1n) is 15.8. The van der Waals surface area contributed by atoms with Crippen molar-refractivity contribution in [3.63, 3.8) is 0 Å². The molecule has 1 amide bonds. The van der Waals surface area contributed by atoms with Crippen molar-refractivity contribution in [2.75, 3.05) is 33.4 Å². The van der Waals surface area contributed by atoms with Crippen molar-refractivity contribution < 1.29 is 31.6 Å². The minimum atomic E-state index is -4.34. The third kappa shape index (κ3) is 6.89. The maximum atomic E-state index is 14.2. The number of likely N-dealkylation sites (tertiary alicyclic amines) is 1. The monoisotopic (exact) mass is 639 g/mol. The van der Waals surface area contributed by atoms with Gasteiger partial charge in [-0.2, -0.15) is 13.4 Å². The lowest BCUT2D eigenvalue weighted by atomic mass is 9.83. The molecule has 2 aliphatic heterocycles. The van der Waals surface area contributed by atoms with Crippen LogP contribution in [0, 0.1) is 18.8 Å². The van der Waals surface area contributed by atoms with Crippen LogP contribution in [0.2, 0.25) is 0 Å². The van der Waals surface area contributed by atoms with Crippen LogP contribution in [-0.2, 0) is 14.9 Å². The van der Waals surface area contributed by atoms with E-state index in [4.69, 9.17) is 18.4 Å². The minimum Gasteiger partial charge on any atom is -0.493 e. The molecule has 0 radical (unpaired) electrons. The Morgan fingerprint density at radius 3 is 2.02 bits per heavy atom. The fraction of sp³-hybridized carbons (Fsp3) is 0.559. The minimum absolute atomic E-state index is 0.0687. The van der Waals surface area contributed by atoms with Gasteiger partial charge in [-0.25, -0.2) is 9.78 Å². The van der Waals surface area contributed by atoms with Gasteiger partial charge in [-0.05, 0) is 66.2 Å². The molecule has 3 aromatic rings. The molecule has 0 N–H and O–H groups in total. The Labute approximate surface area is 266 Å². The fourth-order valence-corrected chi connectivity index (χ4v) is 7.67. The molecular formula is C34H45N3O7S. The first-order valence-corrected chi connectivity index (χ1v) is 17.2. The molecule has 2 saturated heterocycles. The zero-order valence-corrected chi connectivity index (χ0v) is 28.4. The van der Waals surface area contributed by atoms with Crippen LogP contribution in [0.15, 0.2) is 29.2 Å². The topological polar surface area (TPSA) is 117 Å². The molecule has 0 aliphatic carbocycles. The predicted molar refractivity (Wildman–Crippen MR) is 172 cm³/mol. The fourth-order valence-electron chi connectivity index (χ4n) is 6.08. The van der Waals surface area contributed by atoms with E-state index in [0.717, 1.165) is 31.6 Å². The molecule has 2 aliphatic rings. The molecule has 0 bridgehead atoms. The van der Waals surface area contributed by atoms with E-state index >= 15 is 0 Å². The number of nitrogens with zero attached hydrogens (tertiary/aromatic N) is 3. The Morgan fingerprint density at radius 2 is 1.51 bits per heavy atom. The number of aromatic nitrogens is 2. The molecule has 2 aromatic carbocycles. The maximum Gasteiger partial charge on any atom is 0.415 e. The molecule has 244 valence electrons. The van der Waals surface area contributed by atoms with E-state index in [1.807, 2.05) is 39.8 Å². The van der Waals surface area contributed by atoms with Crippen molar-refractivity contribution >= 4 is 27.1 Å². The smallest absolute Gasteiger partial charge is 0.415 e. The number of amides is 1. The Bertz CT molecular complexity index is 1650. The number of carbonyl (C=O) groups is 1. The molecule has 0 atom stereocenters. The molecular weight excluding hydrogens is 594 g/mol. The second kappa shape index (κ2) is 13.1. The lowest BCUT2D eigenvalue weighted by molar-refractivity contribution is -0.0708. The van der Waals surface area contributed by atoms with Gasteiger partial charge in [0.15, 0.2) is 11.5 Å². The van der Waals surface area contributed by atoms with Crippen molar-refractivity contribution in [1.29, 1.82) is 0 Å². The SMILES string of the molecule is COc1cc2nc(C)nc(OS(=O)(=O)c3c(C(C)C)cc(C(C)C)cc3C(C)C)c2cc1OC(=O)N1CCC(C2COC2)CC1. The summed E-state index contributed by atoms with van der Waals surface area (Å²) in [5.41, 5.74) is 2.87. The van der Waals surface area contributed by atoms with Crippen LogP contribution < -0.4 is 13.7 Å². The first kappa shape index (κ1) is 32.9. The van der Waals surface area contributed by atoms with E-state index in [1.54, 1.807) is 17.9 Å². The molecule has 10 nitrogen and oxygen atoms in total. The summed E-state index contributed by atoms with van der Waals surface area (Å²) in [4.78, 5) is 24.0. The van der Waals surface area contributed by atoms with E-state index in [1.165, 1.54) is 13.2 Å². The quantitative estimate of drug-likeness (QED) is 0.229. The first-order chi connectivity index (χ1) is 21.3. The summed E-state index contributed by atoms with van der Waals surface area (Å²) in [6.07, 6.45) is 1.30. The van der Waals surface area contributed by atoms with E-state index in [2.05, 4.69) is 23.8 Å². The number of carbonyl (C=O) groups excluding carboxylic acids is 1. The number of hydrogen-bond acceptors (Lipinski definition) is 9. The van der Waals surface area contributed by atoms with Crippen LogP contribution in [0.25, 0.3) is 10.9 Å². The summed E-state index contributed by atoms with van der Waals surface area (Å²) in [5.74, 6) is 1.81. The number of aryl methyl sites for hydroxylation is 1. The third-order valence-electron chi connectivity index (χ3n) is 8.90. The van der Waals surface area contributed by atoms with Crippen molar-refractivity contribution in [3.8, 4) is 17.4 Å². The second-order valence-electron chi connectivity index (χ2n) is 13.1. The van der Waals surface area contributed by atoms with Gasteiger partial charge in [0.25, 0.3) is 0 Å². The normalized spacial score (nSPS) is 16.5. The Morgan fingerprint density at radius 1 is 0.889 bits per heavy atom. The van der Waals surface area contributed by atoms with Crippen molar-refractivity contribution in [2.24, 2.45) is 11.8 Å². The lowest BCUT2D eigenvalue weighted by Gasteiger charge is -2.39. The number of ether oxygens (including phenoxy) is 3. The van der Waals surface area contributed by atoms with Gasteiger partial charge in [-0.15, -0.1) is 0 Å². The van der Waals surface area contributed by atoms with Crippen LogP contribution in [0.3, 0.4) is 0 Å². The van der Waals surface area contributed by atoms with Crippen LogP contribution in [0.4, 0.5) is 4.79 Å². The highest BCUT2D eigenvalue weighted by molar-refractivity contribution is 7.87. The van der Waals surface area contributed by atoms with E-state index in [-0.39, 0.29) is 45.4 Å². The number of benzene rings is 2. The van der Waals surface area contributed by atoms with Gasteiger partial charge in [-0.3, -0.25) is 0 Å². The molecule has 1 aromatic heterocycles. The number of fused-ring (bicyclic) bond motifs is 1. The van der Waals surface area contributed by atoms with Gasteiger partial charge in [-0.1, -0.05) is 53.7 Å². The molecule has 11 heteroatoms. The molecule has 45 heavy (non-hydrogen) atoms. The molecule has 5 rings (SSSR count). The van der Waals surface area contributed by atoms with Gasteiger partial charge in [0.2, 0.25) is 5.88 Å². The molecule has 0 spiro atoms. The van der Waals surface area contributed by atoms with E-state index in [9.17, 15) is 13.2 Å². The number of piperidine rings is 1. The molecule has 3 heterocycles.